The third kappa shape index (κ3) is 3.06. The molecule has 2 aromatic rings. The Morgan fingerprint density at radius 2 is 2.26 bits per heavy atom. The van der Waals surface area contributed by atoms with Gasteiger partial charge in [-0.3, -0.25) is 4.79 Å². The fourth-order valence-electron chi connectivity index (χ4n) is 3.33. The molecule has 2 aliphatic heterocycles. The quantitative estimate of drug-likeness (QED) is 0.735. The number of hydrogen-bond donors (Lipinski definition) is 1. The van der Waals surface area contributed by atoms with Crippen LogP contribution in [0.2, 0.25) is 0 Å². The second-order valence-electron chi connectivity index (χ2n) is 6.55. The normalized spacial score (nSPS) is 23.4. The Morgan fingerprint density at radius 1 is 1.44 bits per heavy atom. The van der Waals surface area contributed by atoms with E-state index < -0.39 is 15.6 Å². The number of ether oxygens (including phenoxy) is 1. The summed E-state index contributed by atoms with van der Waals surface area (Å²) in [7, 11) is -2.21. The molecule has 1 aromatic heterocycles. The Bertz CT molecular complexity index is 1040. The SMILES string of the molecule is CN1C(N)=N[C@@]2(CCOc3ccc(CC(=O)c4cnsn4)cc32)CS1(=O)=O. The molecule has 3 heterocycles. The molecule has 0 unspecified atom stereocenters. The minimum absolute atomic E-state index is 0.0517. The van der Waals surface area contributed by atoms with Gasteiger partial charge in [0.15, 0.2) is 5.78 Å². The smallest absolute Gasteiger partial charge is 0.239 e. The van der Waals surface area contributed by atoms with Crippen LogP contribution < -0.4 is 10.5 Å². The van der Waals surface area contributed by atoms with E-state index in [4.69, 9.17) is 10.5 Å². The summed E-state index contributed by atoms with van der Waals surface area (Å²) in [5.74, 6) is 0.155. The van der Waals surface area contributed by atoms with E-state index in [0.717, 1.165) is 21.6 Å². The first kappa shape index (κ1) is 17.9. The topological polar surface area (TPSA) is 128 Å². The lowest BCUT2D eigenvalue weighted by atomic mass is 9.85. The van der Waals surface area contributed by atoms with Crippen molar-refractivity contribution in [1.29, 1.82) is 0 Å². The zero-order valence-electron chi connectivity index (χ0n) is 14.5. The van der Waals surface area contributed by atoms with Crippen LogP contribution in [0, 0.1) is 0 Å². The molecular weight excluding hydrogens is 390 g/mol. The molecule has 0 bridgehead atoms. The summed E-state index contributed by atoms with van der Waals surface area (Å²) in [5.41, 5.74) is 6.55. The summed E-state index contributed by atoms with van der Waals surface area (Å²) in [6.45, 7) is 0.339. The maximum Gasteiger partial charge on any atom is 0.239 e. The number of Topliss-reactive ketones (excluding diaryl/α,β-unsaturated/α-hetero) is 1. The Kier molecular flexibility index (Phi) is 4.15. The van der Waals surface area contributed by atoms with Crippen molar-refractivity contribution in [2.45, 2.75) is 18.4 Å². The van der Waals surface area contributed by atoms with Gasteiger partial charge in [0.05, 0.1) is 30.3 Å². The number of carbonyl (C=O) groups excluding carboxylic acids is 1. The first-order valence-corrected chi connectivity index (χ1v) is 10.5. The number of fused-ring (bicyclic) bond motifs is 2. The summed E-state index contributed by atoms with van der Waals surface area (Å²) < 4.78 is 39.6. The molecular formula is C16H17N5O4S2. The van der Waals surface area contributed by atoms with Crippen molar-refractivity contribution in [2.75, 3.05) is 19.4 Å². The fraction of sp³-hybridized carbons (Fsp3) is 0.375. The van der Waals surface area contributed by atoms with Gasteiger partial charge in [0.1, 0.15) is 17.0 Å². The first-order valence-electron chi connectivity index (χ1n) is 8.20. The predicted molar refractivity (Wildman–Crippen MR) is 99.3 cm³/mol. The molecule has 0 amide bonds. The van der Waals surface area contributed by atoms with Crippen LogP contribution in [0.4, 0.5) is 0 Å². The molecule has 9 nitrogen and oxygen atoms in total. The van der Waals surface area contributed by atoms with Gasteiger partial charge < -0.3 is 10.5 Å². The predicted octanol–water partition coefficient (Wildman–Crippen LogP) is 0.531. The van der Waals surface area contributed by atoms with Crippen molar-refractivity contribution in [3.8, 4) is 5.75 Å². The number of aliphatic imine (C=N–C) groups is 1. The molecule has 0 aliphatic carbocycles. The third-order valence-corrected chi connectivity index (χ3v) is 7.16. The highest BCUT2D eigenvalue weighted by atomic mass is 32.2. The average Bonchev–Trinajstić information content (AvgIpc) is 3.15. The number of hydrogen-bond acceptors (Lipinski definition) is 9. The Morgan fingerprint density at radius 3 is 2.96 bits per heavy atom. The van der Waals surface area contributed by atoms with Crippen LogP contribution in [0.15, 0.2) is 29.4 Å². The zero-order valence-corrected chi connectivity index (χ0v) is 16.1. The van der Waals surface area contributed by atoms with Crippen LogP contribution in [0.1, 0.15) is 28.0 Å². The lowest BCUT2D eigenvalue weighted by Gasteiger charge is -2.40. The molecule has 1 atom stereocenters. The summed E-state index contributed by atoms with van der Waals surface area (Å²) in [5, 5.41) is 0. The van der Waals surface area contributed by atoms with Gasteiger partial charge in [0.25, 0.3) is 0 Å². The lowest BCUT2D eigenvalue weighted by Crippen LogP contribution is -2.52. The van der Waals surface area contributed by atoms with Gasteiger partial charge in [-0.1, -0.05) is 6.07 Å². The second-order valence-corrected chi connectivity index (χ2v) is 9.10. The standard InChI is InChI=1S/C16H17N5O4S2/c1-21-15(17)19-16(9-27(21,23)24)4-5-25-14-3-2-10(6-11(14)16)7-13(22)12-8-18-26-20-12/h2-3,6,8H,4-5,7,9H2,1H3,(H2,17,19)/t16-/m0/s1. The van der Waals surface area contributed by atoms with Gasteiger partial charge in [0, 0.05) is 25.5 Å². The number of aromatic nitrogens is 2. The van der Waals surface area contributed by atoms with Gasteiger partial charge in [-0.2, -0.15) is 8.75 Å². The highest BCUT2D eigenvalue weighted by Crippen LogP contribution is 2.43. The fourth-order valence-corrected chi connectivity index (χ4v) is 5.25. The molecule has 1 spiro atoms. The lowest BCUT2D eigenvalue weighted by molar-refractivity contribution is 0.0989. The maximum absolute atomic E-state index is 12.5. The van der Waals surface area contributed by atoms with Crippen molar-refractivity contribution in [1.82, 2.24) is 13.1 Å². The van der Waals surface area contributed by atoms with Crippen molar-refractivity contribution >= 4 is 33.5 Å². The molecule has 4 rings (SSSR count). The number of guanidine groups is 1. The number of nitrogens with two attached hydrogens (primary N) is 1. The van der Waals surface area contributed by atoms with Crippen molar-refractivity contribution < 1.29 is 17.9 Å². The van der Waals surface area contributed by atoms with E-state index in [1.807, 2.05) is 0 Å². The Labute approximate surface area is 160 Å². The summed E-state index contributed by atoms with van der Waals surface area (Å²) in [6, 6.07) is 5.31. The molecule has 2 aliphatic rings. The molecule has 27 heavy (non-hydrogen) atoms. The number of rotatable bonds is 3. The van der Waals surface area contributed by atoms with Crippen LogP contribution in [0.25, 0.3) is 0 Å². The van der Waals surface area contributed by atoms with Gasteiger partial charge in [0.2, 0.25) is 16.0 Å². The summed E-state index contributed by atoms with van der Waals surface area (Å²) in [6.07, 6.45) is 1.95. The summed E-state index contributed by atoms with van der Waals surface area (Å²) >= 11 is 0.975. The average molecular weight is 407 g/mol. The minimum atomic E-state index is -3.59. The van der Waals surface area contributed by atoms with Crippen LogP contribution in [-0.4, -0.2) is 52.6 Å². The molecule has 11 heteroatoms. The van der Waals surface area contributed by atoms with E-state index in [1.165, 1.54) is 13.2 Å². The van der Waals surface area contributed by atoms with Gasteiger partial charge in [-0.15, -0.1) is 0 Å². The molecule has 0 radical (unpaired) electrons. The third-order valence-electron chi connectivity index (χ3n) is 4.82. The van der Waals surface area contributed by atoms with E-state index in [1.54, 1.807) is 18.2 Å². The monoisotopic (exact) mass is 407 g/mol. The zero-order chi connectivity index (χ0) is 19.2. The van der Waals surface area contributed by atoms with E-state index in [0.29, 0.717) is 30.0 Å². The van der Waals surface area contributed by atoms with E-state index in [9.17, 15) is 13.2 Å². The number of carbonyl (C=O) groups is 1. The highest BCUT2D eigenvalue weighted by Gasteiger charge is 2.46. The molecule has 1 aromatic carbocycles. The van der Waals surface area contributed by atoms with Crippen LogP contribution in [0.5, 0.6) is 5.75 Å². The van der Waals surface area contributed by atoms with Crippen molar-refractivity contribution in [3.05, 3.63) is 41.2 Å². The van der Waals surface area contributed by atoms with Gasteiger partial charge in [-0.25, -0.2) is 17.7 Å². The number of benzene rings is 1. The number of sulfonamides is 1. The minimum Gasteiger partial charge on any atom is -0.493 e. The number of nitrogens with zero attached hydrogens (tertiary/aromatic N) is 4. The van der Waals surface area contributed by atoms with E-state index in [-0.39, 0.29) is 23.9 Å². The first-order chi connectivity index (χ1) is 12.8. The number of ketones is 1. The van der Waals surface area contributed by atoms with Gasteiger partial charge in [-0.05, 0) is 17.7 Å². The molecule has 0 saturated carbocycles. The van der Waals surface area contributed by atoms with Crippen molar-refractivity contribution in [2.24, 2.45) is 10.7 Å². The summed E-state index contributed by atoms with van der Waals surface area (Å²) in [4.78, 5) is 16.8. The van der Waals surface area contributed by atoms with Gasteiger partial charge >= 0.3 is 0 Å². The van der Waals surface area contributed by atoms with Crippen molar-refractivity contribution in [3.63, 3.8) is 0 Å². The van der Waals surface area contributed by atoms with E-state index in [2.05, 4.69) is 13.7 Å². The largest absolute Gasteiger partial charge is 0.493 e. The Balaban J connectivity index is 1.75. The molecule has 0 fully saturated rings. The van der Waals surface area contributed by atoms with E-state index >= 15 is 0 Å². The Hall–Kier alpha value is -2.53. The second kappa shape index (κ2) is 6.27. The maximum atomic E-state index is 12.5. The molecule has 2 N–H and O–H groups in total. The molecule has 0 saturated heterocycles. The van der Waals surface area contributed by atoms with Crippen LogP contribution >= 0.6 is 11.7 Å². The van der Waals surface area contributed by atoms with Crippen LogP contribution in [-0.2, 0) is 22.0 Å². The molecule has 142 valence electrons. The van der Waals surface area contributed by atoms with Crippen LogP contribution in [0.3, 0.4) is 0 Å². The highest BCUT2D eigenvalue weighted by molar-refractivity contribution is 7.89.